The molecule has 0 aromatic heterocycles. The summed E-state index contributed by atoms with van der Waals surface area (Å²) in [6, 6.07) is 20.8. The number of carbonyl (C=O) groups excluding carboxylic acids is 4. The van der Waals surface area contributed by atoms with E-state index in [4.69, 9.17) is 10.5 Å². The molecule has 1 atom stereocenters. The van der Waals surface area contributed by atoms with Gasteiger partial charge in [0.25, 0.3) is 11.8 Å². The third-order valence-electron chi connectivity index (χ3n) is 5.30. The second kappa shape index (κ2) is 8.85. The van der Waals surface area contributed by atoms with Crippen molar-refractivity contribution in [2.24, 2.45) is 5.73 Å². The highest BCUT2D eigenvalue weighted by Crippen LogP contribution is 2.26. The molecule has 0 fully saturated rings. The second-order valence-electron chi connectivity index (χ2n) is 7.40. The number of nitrogens with two attached hydrogens (primary N) is 1. The Bertz CT molecular complexity index is 1150. The van der Waals surface area contributed by atoms with Crippen molar-refractivity contribution in [2.45, 2.75) is 19.1 Å². The van der Waals surface area contributed by atoms with E-state index in [0.717, 1.165) is 10.5 Å². The molecule has 0 unspecified atom stereocenters. The highest BCUT2D eigenvalue weighted by atomic mass is 16.5. The topological polar surface area (TPSA) is 107 Å². The lowest BCUT2D eigenvalue weighted by Crippen LogP contribution is -2.47. The van der Waals surface area contributed by atoms with E-state index in [-0.39, 0.29) is 24.2 Å². The van der Waals surface area contributed by atoms with Gasteiger partial charge in [-0.1, -0.05) is 54.6 Å². The number of esters is 1. The molecule has 3 aromatic carbocycles. The van der Waals surface area contributed by atoms with Crippen LogP contribution in [0.25, 0.3) is 0 Å². The van der Waals surface area contributed by atoms with Crippen molar-refractivity contribution in [1.82, 2.24) is 4.90 Å². The maximum Gasteiger partial charge on any atom is 0.330 e. The van der Waals surface area contributed by atoms with Crippen molar-refractivity contribution in [3.8, 4) is 0 Å². The van der Waals surface area contributed by atoms with Crippen LogP contribution in [-0.4, -0.2) is 34.6 Å². The first-order chi connectivity index (χ1) is 15.5. The molecule has 1 aliphatic heterocycles. The fourth-order valence-corrected chi connectivity index (χ4v) is 3.62. The largest absolute Gasteiger partial charge is 0.459 e. The summed E-state index contributed by atoms with van der Waals surface area (Å²) in [5.74, 6) is -2.28. The van der Waals surface area contributed by atoms with E-state index in [1.165, 1.54) is 12.1 Å². The van der Waals surface area contributed by atoms with Crippen LogP contribution < -0.4 is 5.73 Å². The molecule has 3 amide bonds. The van der Waals surface area contributed by atoms with Gasteiger partial charge in [0.1, 0.15) is 12.6 Å². The van der Waals surface area contributed by atoms with Crippen molar-refractivity contribution >= 4 is 23.7 Å². The van der Waals surface area contributed by atoms with E-state index in [0.29, 0.717) is 11.1 Å². The van der Waals surface area contributed by atoms with Gasteiger partial charge in [0.2, 0.25) is 5.91 Å². The van der Waals surface area contributed by atoms with Crippen molar-refractivity contribution < 1.29 is 23.9 Å². The van der Waals surface area contributed by atoms with E-state index in [2.05, 4.69) is 0 Å². The summed E-state index contributed by atoms with van der Waals surface area (Å²) in [5.41, 5.74) is 7.55. The van der Waals surface area contributed by atoms with Gasteiger partial charge in [-0.15, -0.1) is 0 Å². The van der Waals surface area contributed by atoms with Crippen LogP contribution in [0.15, 0.2) is 78.9 Å². The quantitative estimate of drug-likeness (QED) is 0.460. The highest BCUT2D eigenvalue weighted by Gasteiger charge is 2.43. The number of fused-ring (bicyclic) bond motifs is 1. The molecule has 1 aliphatic rings. The molecule has 32 heavy (non-hydrogen) atoms. The summed E-state index contributed by atoms with van der Waals surface area (Å²) in [4.78, 5) is 51.2. The van der Waals surface area contributed by atoms with E-state index in [1.807, 2.05) is 30.3 Å². The summed E-state index contributed by atoms with van der Waals surface area (Å²) >= 11 is 0. The van der Waals surface area contributed by atoms with Gasteiger partial charge in [-0.25, -0.2) is 4.79 Å². The molecule has 0 spiro atoms. The van der Waals surface area contributed by atoms with Gasteiger partial charge in [-0.05, 0) is 35.4 Å². The average Bonchev–Trinajstić information content (AvgIpc) is 3.07. The molecule has 3 aromatic rings. The average molecular weight is 428 g/mol. The summed E-state index contributed by atoms with van der Waals surface area (Å²) in [5, 5.41) is 0. The first-order valence-corrected chi connectivity index (χ1v) is 10.0. The highest BCUT2D eigenvalue weighted by molar-refractivity contribution is 6.22. The maximum atomic E-state index is 13.1. The minimum Gasteiger partial charge on any atom is -0.459 e. The predicted octanol–water partition coefficient (Wildman–Crippen LogP) is 2.74. The first kappa shape index (κ1) is 21.0. The maximum absolute atomic E-state index is 13.1. The number of carbonyl (C=O) groups is 4. The molecule has 1 heterocycles. The Labute approximate surface area is 184 Å². The molecule has 160 valence electrons. The second-order valence-corrected chi connectivity index (χ2v) is 7.40. The van der Waals surface area contributed by atoms with Crippen LogP contribution in [0.2, 0.25) is 0 Å². The molecule has 4 rings (SSSR count). The summed E-state index contributed by atoms with van der Waals surface area (Å²) in [6.07, 6.45) is 0.131. The number of rotatable bonds is 7. The Morgan fingerprint density at radius 1 is 0.781 bits per heavy atom. The lowest BCUT2D eigenvalue weighted by Gasteiger charge is -2.25. The Hall–Kier alpha value is -4.26. The lowest BCUT2D eigenvalue weighted by atomic mass is 10.0. The standard InChI is InChI=1S/C25H20N2O5/c26-22(28)18-12-10-17(11-13-18)15-32-25(31)21(14-16-6-2-1-3-7-16)27-23(29)19-8-4-5-9-20(19)24(27)30/h1-13,21H,14-15H2,(H2,26,28)/t21-/m0/s1. The Balaban J connectivity index is 1.57. The summed E-state index contributed by atoms with van der Waals surface area (Å²) in [6.45, 7) is -0.0770. The van der Waals surface area contributed by atoms with Crippen molar-refractivity contribution in [3.63, 3.8) is 0 Å². The molecular formula is C25H20N2O5. The van der Waals surface area contributed by atoms with Gasteiger partial charge in [0, 0.05) is 12.0 Å². The number of imide groups is 1. The number of hydrogen-bond donors (Lipinski definition) is 1. The Morgan fingerprint density at radius 2 is 1.34 bits per heavy atom. The SMILES string of the molecule is NC(=O)c1ccc(COC(=O)[C@H](Cc2ccccc2)N2C(=O)c3ccccc3C2=O)cc1. The number of hydrogen-bond acceptors (Lipinski definition) is 5. The number of primary amides is 1. The zero-order valence-corrected chi connectivity index (χ0v) is 17.1. The number of benzene rings is 3. The third kappa shape index (κ3) is 4.13. The minimum absolute atomic E-state index is 0.0770. The molecule has 0 aliphatic carbocycles. The van der Waals surface area contributed by atoms with Crippen molar-refractivity contribution in [3.05, 3.63) is 107 Å². The number of ether oxygens (including phenoxy) is 1. The molecule has 2 N–H and O–H groups in total. The molecule has 0 saturated heterocycles. The van der Waals surface area contributed by atoms with Crippen LogP contribution in [0.3, 0.4) is 0 Å². The zero-order chi connectivity index (χ0) is 22.7. The zero-order valence-electron chi connectivity index (χ0n) is 17.1. The van der Waals surface area contributed by atoms with E-state index in [9.17, 15) is 19.2 Å². The Kier molecular flexibility index (Phi) is 5.81. The predicted molar refractivity (Wildman–Crippen MR) is 116 cm³/mol. The van der Waals surface area contributed by atoms with Crippen LogP contribution in [-0.2, 0) is 22.6 Å². The van der Waals surface area contributed by atoms with E-state index in [1.54, 1.807) is 36.4 Å². The van der Waals surface area contributed by atoms with E-state index < -0.39 is 29.7 Å². The fourth-order valence-electron chi connectivity index (χ4n) is 3.62. The van der Waals surface area contributed by atoms with Crippen LogP contribution >= 0.6 is 0 Å². The smallest absolute Gasteiger partial charge is 0.330 e. The molecule has 0 bridgehead atoms. The third-order valence-corrected chi connectivity index (χ3v) is 5.30. The molecular weight excluding hydrogens is 408 g/mol. The summed E-state index contributed by atoms with van der Waals surface area (Å²) < 4.78 is 5.47. The molecule has 0 radical (unpaired) electrons. The van der Waals surface area contributed by atoms with Crippen LogP contribution in [0.5, 0.6) is 0 Å². The van der Waals surface area contributed by atoms with Crippen molar-refractivity contribution in [2.75, 3.05) is 0 Å². The van der Waals surface area contributed by atoms with E-state index >= 15 is 0 Å². The molecule has 0 saturated carbocycles. The lowest BCUT2D eigenvalue weighted by molar-refractivity contribution is -0.149. The van der Waals surface area contributed by atoms with Crippen LogP contribution in [0.1, 0.15) is 42.2 Å². The van der Waals surface area contributed by atoms with Crippen LogP contribution in [0, 0.1) is 0 Å². The summed E-state index contributed by atoms with van der Waals surface area (Å²) in [7, 11) is 0. The fraction of sp³-hybridized carbons (Fsp3) is 0.120. The number of amides is 3. The normalized spacial score (nSPS) is 13.6. The minimum atomic E-state index is -1.12. The van der Waals surface area contributed by atoms with Gasteiger partial charge < -0.3 is 10.5 Å². The number of nitrogens with zero attached hydrogens (tertiary/aromatic N) is 1. The van der Waals surface area contributed by atoms with Crippen molar-refractivity contribution in [1.29, 1.82) is 0 Å². The van der Waals surface area contributed by atoms with Gasteiger partial charge in [-0.3, -0.25) is 19.3 Å². The van der Waals surface area contributed by atoms with Gasteiger partial charge in [-0.2, -0.15) is 0 Å². The van der Waals surface area contributed by atoms with Gasteiger partial charge in [0.15, 0.2) is 0 Å². The molecule has 7 heteroatoms. The van der Waals surface area contributed by atoms with Crippen LogP contribution in [0.4, 0.5) is 0 Å². The first-order valence-electron chi connectivity index (χ1n) is 10.0. The Morgan fingerprint density at radius 3 is 1.91 bits per heavy atom. The molecule has 7 nitrogen and oxygen atoms in total. The van der Waals surface area contributed by atoms with Gasteiger partial charge in [0.05, 0.1) is 11.1 Å². The monoisotopic (exact) mass is 428 g/mol. The van der Waals surface area contributed by atoms with Gasteiger partial charge >= 0.3 is 5.97 Å².